The van der Waals surface area contributed by atoms with Crippen molar-refractivity contribution in [3.8, 4) is 0 Å². The molecule has 0 radical (unpaired) electrons. The Balaban J connectivity index is 1.84. The Morgan fingerprint density at radius 3 is 3.00 bits per heavy atom. The van der Waals surface area contributed by atoms with Gasteiger partial charge >= 0.3 is 0 Å². The van der Waals surface area contributed by atoms with Crippen molar-refractivity contribution in [2.75, 3.05) is 20.2 Å². The van der Waals surface area contributed by atoms with E-state index in [1.807, 2.05) is 7.05 Å². The highest BCUT2D eigenvalue weighted by atomic mass is 16.5. The van der Waals surface area contributed by atoms with Gasteiger partial charge in [0.25, 0.3) is 0 Å². The first-order valence-electron chi connectivity index (χ1n) is 3.68. The van der Waals surface area contributed by atoms with Crippen molar-refractivity contribution in [2.45, 2.75) is 12.5 Å². The van der Waals surface area contributed by atoms with Gasteiger partial charge in [-0.25, -0.2) is 0 Å². The number of nitrogens with one attached hydrogen (secondary N) is 1. The normalized spacial score (nSPS) is 47.0. The molecule has 1 aliphatic heterocycles. The molecule has 0 aromatic rings. The van der Waals surface area contributed by atoms with E-state index in [1.165, 1.54) is 6.42 Å². The largest absolute Gasteiger partial charge is 0.376 e. The standard InChI is InChI=1S/C7H13NO/c1-8-3-7-6-2-5(6)4-9-7/h5-8H,2-4H2,1H3/t5-,6?,7+/m0/s1. The Morgan fingerprint density at radius 2 is 2.56 bits per heavy atom. The number of hydrogen-bond donors (Lipinski definition) is 1. The van der Waals surface area contributed by atoms with E-state index in [9.17, 15) is 0 Å². The average molecular weight is 127 g/mol. The molecule has 2 aliphatic rings. The summed E-state index contributed by atoms with van der Waals surface area (Å²) in [6, 6.07) is 0. The van der Waals surface area contributed by atoms with Crippen molar-refractivity contribution in [1.82, 2.24) is 5.32 Å². The fourth-order valence-electron chi connectivity index (χ4n) is 1.70. The molecule has 1 N–H and O–H groups in total. The molecule has 2 rings (SSSR count). The summed E-state index contributed by atoms with van der Waals surface area (Å²) in [5.41, 5.74) is 0. The summed E-state index contributed by atoms with van der Waals surface area (Å²) in [5.74, 6) is 1.85. The van der Waals surface area contributed by atoms with E-state index in [-0.39, 0.29) is 0 Å². The third-order valence-electron chi connectivity index (χ3n) is 2.38. The second kappa shape index (κ2) is 1.96. The average Bonchev–Trinajstić information content (AvgIpc) is 2.54. The molecule has 3 atom stereocenters. The molecular formula is C7H13NO. The van der Waals surface area contributed by atoms with Gasteiger partial charge in [0.15, 0.2) is 0 Å². The van der Waals surface area contributed by atoms with E-state index in [2.05, 4.69) is 5.32 Å². The maximum Gasteiger partial charge on any atom is 0.0731 e. The minimum Gasteiger partial charge on any atom is -0.376 e. The molecule has 0 bridgehead atoms. The summed E-state index contributed by atoms with van der Waals surface area (Å²) >= 11 is 0. The molecular weight excluding hydrogens is 114 g/mol. The van der Waals surface area contributed by atoms with E-state index in [0.29, 0.717) is 6.10 Å². The van der Waals surface area contributed by atoms with Crippen LogP contribution in [0.5, 0.6) is 0 Å². The highest BCUT2D eigenvalue weighted by Gasteiger charge is 2.48. The fraction of sp³-hybridized carbons (Fsp3) is 1.00. The smallest absolute Gasteiger partial charge is 0.0731 e. The van der Waals surface area contributed by atoms with Crippen LogP contribution in [0.25, 0.3) is 0 Å². The van der Waals surface area contributed by atoms with Crippen molar-refractivity contribution in [1.29, 1.82) is 0 Å². The molecule has 2 nitrogen and oxygen atoms in total. The maximum atomic E-state index is 5.49. The molecule has 0 aromatic carbocycles. The van der Waals surface area contributed by atoms with Gasteiger partial charge in [0.1, 0.15) is 0 Å². The Morgan fingerprint density at radius 1 is 1.67 bits per heavy atom. The Hall–Kier alpha value is -0.0800. The monoisotopic (exact) mass is 127 g/mol. The zero-order chi connectivity index (χ0) is 6.27. The van der Waals surface area contributed by atoms with Crippen LogP contribution in [0.2, 0.25) is 0 Å². The molecule has 52 valence electrons. The van der Waals surface area contributed by atoms with Gasteiger partial charge < -0.3 is 10.1 Å². The molecule has 1 saturated carbocycles. The first-order chi connectivity index (χ1) is 4.42. The first kappa shape index (κ1) is 5.69. The topological polar surface area (TPSA) is 21.3 Å². The molecule has 0 aromatic heterocycles. The van der Waals surface area contributed by atoms with Crippen LogP contribution in [0, 0.1) is 11.8 Å². The fourth-order valence-corrected chi connectivity index (χ4v) is 1.70. The van der Waals surface area contributed by atoms with Gasteiger partial charge in [-0.05, 0) is 25.3 Å². The minimum atomic E-state index is 0.542. The number of hydrogen-bond acceptors (Lipinski definition) is 2. The van der Waals surface area contributed by atoms with Crippen molar-refractivity contribution in [3.05, 3.63) is 0 Å². The second-order valence-corrected chi connectivity index (χ2v) is 3.09. The predicted molar refractivity (Wildman–Crippen MR) is 35.3 cm³/mol. The van der Waals surface area contributed by atoms with Gasteiger partial charge in [0.05, 0.1) is 12.7 Å². The SMILES string of the molecule is CNC[C@H]1OC[C@@H]2CC21. The number of fused-ring (bicyclic) bond motifs is 1. The van der Waals surface area contributed by atoms with E-state index in [1.54, 1.807) is 0 Å². The van der Waals surface area contributed by atoms with Crippen LogP contribution in [-0.2, 0) is 4.74 Å². The van der Waals surface area contributed by atoms with E-state index < -0.39 is 0 Å². The van der Waals surface area contributed by atoms with E-state index in [0.717, 1.165) is 25.0 Å². The summed E-state index contributed by atoms with van der Waals surface area (Å²) in [6.45, 7) is 2.07. The van der Waals surface area contributed by atoms with Gasteiger partial charge in [-0.1, -0.05) is 0 Å². The quantitative estimate of drug-likeness (QED) is 0.573. The summed E-state index contributed by atoms with van der Waals surface area (Å²) in [6.07, 6.45) is 1.96. The van der Waals surface area contributed by atoms with E-state index in [4.69, 9.17) is 4.74 Å². The van der Waals surface area contributed by atoms with Crippen molar-refractivity contribution < 1.29 is 4.74 Å². The van der Waals surface area contributed by atoms with Crippen molar-refractivity contribution >= 4 is 0 Å². The third kappa shape index (κ3) is 0.864. The zero-order valence-corrected chi connectivity index (χ0v) is 5.76. The van der Waals surface area contributed by atoms with Crippen LogP contribution < -0.4 is 5.32 Å². The maximum absolute atomic E-state index is 5.49. The van der Waals surface area contributed by atoms with Gasteiger partial charge in [0, 0.05) is 6.54 Å². The van der Waals surface area contributed by atoms with E-state index >= 15 is 0 Å². The molecule has 2 heteroatoms. The highest BCUT2D eigenvalue weighted by Crippen LogP contribution is 2.47. The van der Waals surface area contributed by atoms with Crippen molar-refractivity contribution in [3.63, 3.8) is 0 Å². The molecule has 1 heterocycles. The highest BCUT2D eigenvalue weighted by molar-refractivity contribution is 4.97. The molecule has 1 aliphatic carbocycles. The summed E-state index contributed by atoms with van der Waals surface area (Å²) in [7, 11) is 1.99. The van der Waals surface area contributed by atoms with Gasteiger partial charge in [-0.3, -0.25) is 0 Å². The molecule has 1 unspecified atom stereocenters. The number of likely N-dealkylation sites (N-methyl/N-ethyl adjacent to an activating group) is 1. The van der Waals surface area contributed by atoms with Crippen LogP contribution in [0.1, 0.15) is 6.42 Å². The molecule has 9 heavy (non-hydrogen) atoms. The lowest BCUT2D eigenvalue weighted by Crippen LogP contribution is -2.25. The third-order valence-corrected chi connectivity index (χ3v) is 2.38. The Kier molecular flexibility index (Phi) is 1.24. The molecule has 0 spiro atoms. The Labute approximate surface area is 55.6 Å². The van der Waals surface area contributed by atoms with Crippen LogP contribution in [-0.4, -0.2) is 26.3 Å². The summed E-state index contributed by atoms with van der Waals surface area (Å²) in [5, 5.41) is 3.14. The Bertz CT molecular complexity index is 115. The lowest BCUT2D eigenvalue weighted by molar-refractivity contribution is 0.0808. The number of rotatable bonds is 2. The zero-order valence-electron chi connectivity index (χ0n) is 5.76. The lowest BCUT2D eigenvalue weighted by Gasteiger charge is -2.09. The summed E-state index contributed by atoms with van der Waals surface area (Å²) in [4.78, 5) is 0. The van der Waals surface area contributed by atoms with Gasteiger partial charge in [0.2, 0.25) is 0 Å². The summed E-state index contributed by atoms with van der Waals surface area (Å²) < 4.78 is 5.49. The predicted octanol–water partition coefficient (Wildman–Crippen LogP) is 0.241. The first-order valence-corrected chi connectivity index (χ1v) is 3.68. The van der Waals surface area contributed by atoms with Crippen molar-refractivity contribution in [2.24, 2.45) is 11.8 Å². The second-order valence-electron chi connectivity index (χ2n) is 3.09. The molecule has 1 saturated heterocycles. The van der Waals surface area contributed by atoms with Crippen LogP contribution in [0.3, 0.4) is 0 Å². The lowest BCUT2D eigenvalue weighted by atomic mass is 10.2. The number of ether oxygens (including phenoxy) is 1. The van der Waals surface area contributed by atoms with Gasteiger partial charge in [-0.2, -0.15) is 0 Å². The minimum absolute atomic E-state index is 0.542. The molecule has 2 fully saturated rings. The van der Waals surface area contributed by atoms with Crippen LogP contribution in [0.15, 0.2) is 0 Å². The molecule has 0 amide bonds. The van der Waals surface area contributed by atoms with Crippen LogP contribution >= 0.6 is 0 Å². The van der Waals surface area contributed by atoms with Crippen LogP contribution in [0.4, 0.5) is 0 Å². The van der Waals surface area contributed by atoms with Gasteiger partial charge in [-0.15, -0.1) is 0 Å².